The number of nitriles is 4. The summed E-state index contributed by atoms with van der Waals surface area (Å²) in [7, 11) is 0. The monoisotopic (exact) mass is 275 g/mol. The molecule has 0 saturated carbocycles. The van der Waals surface area contributed by atoms with Gasteiger partial charge in [-0.3, -0.25) is 4.99 Å². The summed E-state index contributed by atoms with van der Waals surface area (Å²) in [5.74, 6) is 0. The van der Waals surface area contributed by atoms with E-state index in [1.165, 1.54) is 35.6 Å². The number of aliphatic imine (C=N–C) groups is 1. The van der Waals surface area contributed by atoms with Gasteiger partial charge >= 0.3 is 5.41 Å². The molecule has 1 aliphatic rings. The maximum atomic E-state index is 8.06. The molecule has 1 aromatic rings. The molecule has 0 aromatic heterocycles. The third-order valence-electron chi connectivity index (χ3n) is 3.44. The van der Waals surface area contributed by atoms with Crippen molar-refractivity contribution in [3.05, 3.63) is 29.8 Å². The summed E-state index contributed by atoms with van der Waals surface area (Å²) in [6, 6.07) is 13.5. The molecular formula is C16H13N5. The minimum atomic E-state index is -2.11. The largest absolute Gasteiger partial charge is 0.312 e. The molecule has 21 heavy (non-hydrogen) atoms. The van der Waals surface area contributed by atoms with E-state index in [2.05, 4.69) is 44.0 Å². The van der Waals surface area contributed by atoms with E-state index in [-0.39, 0.29) is 5.41 Å². The Morgan fingerprint density at radius 3 is 1.81 bits per heavy atom. The normalized spacial score (nSPS) is 14.0. The standard InChI is InChI=1S/C11H13N.C5N4/c1-8-11(2,3)9-6-4-5-7-10(9)12-8;6-1-5(2-7,3-8)4-9/h4-7H,1-3H3;. The summed E-state index contributed by atoms with van der Waals surface area (Å²) in [5, 5.41) is 32.2. The Morgan fingerprint density at radius 1 is 0.952 bits per heavy atom. The van der Waals surface area contributed by atoms with Crippen LogP contribution >= 0.6 is 0 Å². The van der Waals surface area contributed by atoms with Gasteiger partial charge in [0.15, 0.2) is 0 Å². The van der Waals surface area contributed by atoms with E-state index >= 15 is 0 Å². The first-order chi connectivity index (χ1) is 9.86. The fraction of sp³-hybridized carbons (Fsp3) is 0.312. The summed E-state index contributed by atoms with van der Waals surface area (Å²) in [6.07, 6.45) is 0. The second kappa shape index (κ2) is 5.87. The number of hydrogen-bond acceptors (Lipinski definition) is 5. The maximum absolute atomic E-state index is 8.06. The van der Waals surface area contributed by atoms with Crippen LogP contribution in [0.1, 0.15) is 26.3 Å². The lowest BCUT2D eigenvalue weighted by Crippen LogP contribution is -2.22. The quantitative estimate of drug-likeness (QED) is 0.724. The molecule has 5 nitrogen and oxygen atoms in total. The van der Waals surface area contributed by atoms with Gasteiger partial charge in [0.2, 0.25) is 0 Å². The summed E-state index contributed by atoms with van der Waals surface area (Å²) < 4.78 is 0. The lowest BCUT2D eigenvalue weighted by atomic mass is 9.82. The summed E-state index contributed by atoms with van der Waals surface area (Å²) in [5.41, 5.74) is 1.72. The SMILES string of the molecule is CC1=Nc2ccccc2C1(C)C.N#CC(C#N)(C#N)C#N. The van der Waals surface area contributed by atoms with Crippen molar-refractivity contribution in [2.75, 3.05) is 0 Å². The third-order valence-corrected chi connectivity index (χ3v) is 3.44. The molecule has 102 valence electrons. The Morgan fingerprint density at radius 2 is 1.43 bits per heavy atom. The third kappa shape index (κ3) is 2.89. The highest BCUT2D eigenvalue weighted by Gasteiger charge is 2.31. The molecule has 1 heterocycles. The Balaban J connectivity index is 0.000000222. The summed E-state index contributed by atoms with van der Waals surface area (Å²) in [4.78, 5) is 4.52. The van der Waals surface area contributed by atoms with Gasteiger partial charge in [0.1, 0.15) is 24.3 Å². The smallest absolute Gasteiger partial charge is 0.257 e. The van der Waals surface area contributed by atoms with E-state index in [0.717, 1.165) is 5.69 Å². The van der Waals surface area contributed by atoms with Crippen LogP contribution in [0.3, 0.4) is 0 Å². The zero-order chi connectivity index (χ0) is 16.1. The Kier molecular flexibility index (Phi) is 4.45. The van der Waals surface area contributed by atoms with Crippen LogP contribution in [0, 0.1) is 50.7 Å². The Labute approximate surface area is 124 Å². The zero-order valence-corrected chi connectivity index (χ0v) is 12.0. The van der Waals surface area contributed by atoms with Crippen molar-refractivity contribution in [2.24, 2.45) is 10.4 Å². The number of fused-ring (bicyclic) bond motifs is 1. The van der Waals surface area contributed by atoms with E-state index in [4.69, 9.17) is 21.0 Å². The van der Waals surface area contributed by atoms with Crippen molar-refractivity contribution in [3.63, 3.8) is 0 Å². The van der Waals surface area contributed by atoms with Crippen LogP contribution in [0.15, 0.2) is 29.3 Å². The van der Waals surface area contributed by atoms with Crippen molar-refractivity contribution < 1.29 is 0 Å². The zero-order valence-electron chi connectivity index (χ0n) is 12.0. The molecule has 0 saturated heterocycles. The highest BCUT2D eigenvalue weighted by Crippen LogP contribution is 2.39. The predicted octanol–water partition coefficient (Wildman–Crippen LogP) is 3.14. The average Bonchev–Trinajstić information content (AvgIpc) is 2.73. The topological polar surface area (TPSA) is 108 Å². The van der Waals surface area contributed by atoms with E-state index in [1.807, 2.05) is 6.07 Å². The van der Waals surface area contributed by atoms with E-state index in [0.29, 0.717) is 0 Å². The second-order valence-electron chi connectivity index (χ2n) is 5.04. The van der Waals surface area contributed by atoms with E-state index < -0.39 is 5.41 Å². The molecule has 0 aliphatic carbocycles. The molecule has 5 heteroatoms. The molecule has 0 bridgehead atoms. The molecule has 1 aromatic carbocycles. The van der Waals surface area contributed by atoms with E-state index in [9.17, 15) is 0 Å². The fourth-order valence-electron chi connectivity index (χ4n) is 1.76. The molecule has 0 unspecified atom stereocenters. The van der Waals surface area contributed by atoms with Crippen molar-refractivity contribution in [1.82, 2.24) is 0 Å². The van der Waals surface area contributed by atoms with Crippen LogP contribution in [-0.4, -0.2) is 5.71 Å². The lowest BCUT2D eigenvalue weighted by molar-refractivity contribution is 0.733. The van der Waals surface area contributed by atoms with Gasteiger partial charge in [-0.05, 0) is 18.6 Å². The van der Waals surface area contributed by atoms with Crippen molar-refractivity contribution >= 4 is 11.4 Å². The molecule has 0 fully saturated rings. The molecule has 0 radical (unpaired) electrons. The maximum Gasteiger partial charge on any atom is 0.312 e. The average molecular weight is 275 g/mol. The van der Waals surface area contributed by atoms with Crippen LogP contribution in [0.2, 0.25) is 0 Å². The van der Waals surface area contributed by atoms with Crippen LogP contribution in [0.5, 0.6) is 0 Å². The van der Waals surface area contributed by atoms with Crippen molar-refractivity contribution in [2.45, 2.75) is 26.2 Å². The van der Waals surface area contributed by atoms with Crippen molar-refractivity contribution in [3.8, 4) is 24.3 Å². The lowest BCUT2D eigenvalue weighted by Gasteiger charge is -2.19. The van der Waals surface area contributed by atoms with Gasteiger partial charge in [-0.1, -0.05) is 32.0 Å². The van der Waals surface area contributed by atoms with Gasteiger partial charge in [-0.25, -0.2) is 0 Å². The number of hydrogen-bond donors (Lipinski definition) is 0. The summed E-state index contributed by atoms with van der Waals surface area (Å²) in [6.45, 7) is 6.54. The van der Waals surface area contributed by atoms with Crippen LogP contribution in [-0.2, 0) is 5.41 Å². The van der Waals surface area contributed by atoms with Gasteiger partial charge in [0.25, 0.3) is 0 Å². The molecule has 1 aliphatic heterocycles. The molecule has 0 amide bonds. The van der Waals surface area contributed by atoms with Gasteiger partial charge in [-0.15, -0.1) is 0 Å². The van der Waals surface area contributed by atoms with Gasteiger partial charge in [-0.2, -0.15) is 21.0 Å². The highest BCUT2D eigenvalue weighted by atomic mass is 14.8. The second-order valence-corrected chi connectivity index (χ2v) is 5.04. The fourth-order valence-corrected chi connectivity index (χ4v) is 1.76. The summed E-state index contributed by atoms with van der Waals surface area (Å²) >= 11 is 0. The highest BCUT2D eigenvalue weighted by molar-refractivity contribution is 5.99. The molecular weight excluding hydrogens is 262 g/mol. The van der Waals surface area contributed by atoms with Gasteiger partial charge in [0.05, 0.1) is 5.69 Å². The van der Waals surface area contributed by atoms with Gasteiger partial charge < -0.3 is 0 Å². The minimum absolute atomic E-state index is 0.136. The first-order valence-corrected chi connectivity index (χ1v) is 6.17. The van der Waals surface area contributed by atoms with Gasteiger partial charge in [0, 0.05) is 11.1 Å². The number of nitrogens with zero attached hydrogens (tertiary/aromatic N) is 5. The molecule has 0 spiro atoms. The van der Waals surface area contributed by atoms with Crippen LogP contribution in [0.4, 0.5) is 5.69 Å². The number of para-hydroxylation sites is 1. The minimum Gasteiger partial charge on any atom is -0.257 e. The van der Waals surface area contributed by atoms with Crippen LogP contribution in [0.25, 0.3) is 0 Å². The predicted molar refractivity (Wildman–Crippen MR) is 77.1 cm³/mol. The molecule has 2 rings (SSSR count). The first-order valence-electron chi connectivity index (χ1n) is 6.17. The molecule has 0 N–H and O–H groups in total. The molecule has 0 atom stereocenters. The number of rotatable bonds is 0. The van der Waals surface area contributed by atoms with Crippen LogP contribution < -0.4 is 0 Å². The van der Waals surface area contributed by atoms with E-state index in [1.54, 1.807) is 0 Å². The Hall–Kier alpha value is -3.15. The first kappa shape index (κ1) is 15.9. The number of benzene rings is 1. The van der Waals surface area contributed by atoms with Crippen molar-refractivity contribution in [1.29, 1.82) is 21.0 Å². The Bertz CT molecular complexity index is 683.